The molecular weight excluding hydrogens is 334 g/mol. The van der Waals surface area contributed by atoms with Gasteiger partial charge in [0.2, 0.25) is 5.91 Å². The third-order valence-electron chi connectivity index (χ3n) is 3.57. The summed E-state index contributed by atoms with van der Waals surface area (Å²) < 4.78 is 6.63. The van der Waals surface area contributed by atoms with Crippen molar-refractivity contribution < 1.29 is 9.53 Å². The van der Waals surface area contributed by atoms with E-state index < -0.39 is 0 Å². The number of rotatable bonds is 4. The standard InChI is InChI=1S/C15H22BrN3O2/c1-10-7-12(3-4-13(10)16)18-15(20)9-19-5-6-21-14(8-19)11(2)17/h3-4,7,11,14H,5-6,8-9,17H2,1-2H3,(H,18,20). The number of hydrogen-bond acceptors (Lipinski definition) is 4. The van der Waals surface area contributed by atoms with Crippen LogP contribution in [0.5, 0.6) is 0 Å². The molecule has 2 unspecified atom stereocenters. The van der Waals surface area contributed by atoms with E-state index in [4.69, 9.17) is 10.5 Å². The van der Waals surface area contributed by atoms with E-state index in [0.717, 1.165) is 22.3 Å². The van der Waals surface area contributed by atoms with Crippen LogP contribution in [0.15, 0.2) is 22.7 Å². The highest BCUT2D eigenvalue weighted by molar-refractivity contribution is 9.10. The first-order valence-electron chi connectivity index (χ1n) is 7.11. The second kappa shape index (κ2) is 7.35. The Bertz CT molecular complexity index is 508. The highest BCUT2D eigenvalue weighted by atomic mass is 79.9. The van der Waals surface area contributed by atoms with Crippen molar-refractivity contribution in [1.82, 2.24) is 4.90 Å². The van der Waals surface area contributed by atoms with Crippen LogP contribution in [-0.4, -0.2) is 49.2 Å². The van der Waals surface area contributed by atoms with Crippen molar-refractivity contribution in [2.45, 2.75) is 26.0 Å². The molecule has 3 N–H and O–H groups in total. The van der Waals surface area contributed by atoms with E-state index in [2.05, 4.69) is 26.1 Å². The van der Waals surface area contributed by atoms with Crippen molar-refractivity contribution in [2.75, 3.05) is 31.6 Å². The normalized spacial score (nSPS) is 21.0. The largest absolute Gasteiger partial charge is 0.374 e. The first kappa shape index (κ1) is 16.4. The van der Waals surface area contributed by atoms with Gasteiger partial charge in [-0.25, -0.2) is 0 Å². The molecule has 0 saturated carbocycles. The molecule has 116 valence electrons. The Hall–Kier alpha value is -0.950. The van der Waals surface area contributed by atoms with E-state index in [1.165, 1.54) is 0 Å². The molecule has 1 amide bonds. The fourth-order valence-electron chi connectivity index (χ4n) is 2.32. The molecule has 1 aliphatic rings. The van der Waals surface area contributed by atoms with Crippen LogP contribution in [0.2, 0.25) is 0 Å². The minimum atomic E-state index is -0.0232. The fraction of sp³-hybridized carbons (Fsp3) is 0.533. The minimum absolute atomic E-state index is 0.00137. The van der Waals surface area contributed by atoms with Gasteiger partial charge in [0.1, 0.15) is 0 Å². The van der Waals surface area contributed by atoms with Crippen molar-refractivity contribution in [2.24, 2.45) is 5.73 Å². The van der Waals surface area contributed by atoms with Gasteiger partial charge in [-0.05, 0) is 37.6 Å². The lowest BCUT2D eigenvalue weighted by atomic mass is 10.1. The Morgan fingerprint density at radius 3 is 3.05 bits per heavy atom. The fourth-order valence-corrected chi connectivity index (χ4v) is 2.57. The number of nitrogens with one attached hydrogen (secondary N) is 1. The topological polar surface area (TPSA) is 67.6 Å². The number of amides is 1. The Morgan fingerprint density at radius 2 is 2.38 bits per heavy atom. The van der Waals surface area contributed by atoms with Gasteiger partial charge in [-0.3, -0.25) is 9.69 Å². The van der Waals surface area contributed by atoms with Crippen LogP contribution in [0.25, 0.3) is 0 Å². The molecule has 0 aromatic heterocycles. The minimum Gasteiger partial charge on any atom is -0.374 e. The second-order valence-corrected chi connectivity index (χ2v) is 6.37. The molecule has 1 heterocycles. The van der Waals surface area contributed by atoms with E-state index in [9.17, 15) is 4.79 Å². The average molecular weight is 356 g/mol. The zero-order valence-electron chi connectivity index (χ0n) is 12.4. The maximum absolute atomic E-state index is 12.1. The summed E-state index contributed by atoms with van der Waals surface area (Å²) in [6, 6.07) is 5.75. The third-order valence-corrected chi connectivity index (χ3v) is 4.46. The number of aryl methyl sites for hydroxylation is 1. The maximum Gasteiger partial charge on any atom is 0.238 e. The third kappa shape index (κ3) is 4.78. The van der Waals surface area contributed by atoms with Crippen LogP contribution in [0, 0.1) is 6.92 Å². The van der Waals surface area contributed by atoms with Gasteiger partial charge in [-0.1, -0.05) is 15.9 Å². The lowest BCUT2D eigenvalue weighted by Crippen LogP contribution is -2.51. The Balaban J connectivity index is 1.87. The van der Waals surface area contributed by atoms with E-state index in [1.807, 2.05) is 32.0 Å². The van der Waals surface area contributed by atoms with Crippen LogP contribution < -0.4 is 11.1 Å². The molecule has 1 saturated heterocycles. The molecular formula is C15H22BrN3O2. The summed E-state index contributed by atoms with van der Waals surface area (Å²) in [4.78, 5) is 14.2. The number of morpholine rings is 1. The van der Waals surface area contributed by atoms with Crippen molar-refractivity contribution in [3.05, 3.63) is 28.2 Å². The van der Waals surface area contributed by atoms with Crippen molar-refractivity contribution in [3.63, 3.8) is 0 Å². The average Bonchev–Trinajstić information content (AvgIpc) is 2.43. The molecule has 2 atom stereocenters. The Labute approximate surface area is 134 Å². The molecule has 1 aromatic carbocycles. The number of halogens is 1. The summed E-state index contributed by atoms with van der Waals surface area (Å²) in [6.45, 7) is 6.37. The highest BCUT2D eigenvalue weighted by Gasteiger charge is 2.24. The van der Waals surface area contributed by atoms with Gasteiger partial charge in [0.15, 0.2) is 0 Å². The summed E-state index contributed by atoms with van der Waals surface area (Å²) in [7, 11) is 0. The second-order valence-electron chi connectivity index (χ2n) is 5.52. The van der Waals surface area contributed by atoms with Gasteiger partial charge in [0.05, 0.1) is 19.3 Å². The Morgan fingerprint density at radius 1 is 1.62 bits per heavy atom. The van der Waals surface area contributed by atoms with Gasteiger partial charge in [0.25, 0.3) is 0 Å². The van der Waals surface area contributed by atoms with E-state index in [-0.39, 0.29) is 18.1 Å². The molecule has 0 bridgehead atoms. The smallest absolute Gasteiger partial charge is 0.238 e. The molecule has 21 heavy (non-hydrogen) atoms. The molecule has 1 aromatic rings. The maximum atomic E-state index is 12.1. The molecule has 0 radical (unpaired) electrons. The van der Waals surface area contributed by atoms with Gasteiger partial charge >= 0.3 is 0 Å². The van der Waals surface area contributed by atoms with E-state index >= 15 is 0 Å². The monoisotopic (exact) mass is 355 g/mol. The number of carbonyl (C=O) groups is 1. The highest BCUT2D eigenvalue weighted by Crippen LogP contribution is 2.20. The van der Waals surface area contributed by atoms with E-state index in [1.54, 1.807) is 0 Å². The quantitative estimate of drug-likeness (QED) is 0.863. The van der Waals surface area contributed by atoms with Crippen molar-refractivity contribution in [1.29, 1.82) is 0 Å². The van der Waals surface area contributed by atoms with Crippen LogP contribution in [-0.2, 0) is 9.53 Å². The van der Waals surface area contributed by atoms with Crippen molar-refractivity contribution in [3.8, 4) is 0 Å². The van der Waals surface area contributed by atoms with Crippen LogP contribution in [0.1, 0.15) is 12.5 Å². The Kier molecular flexibility index (Phi) is 5.75. The van der Waals surface area contributed by atoms with Gasteiger partial charge in [0, 0.05) is 29.3 Å². The molecule has 1 aliphatic heterocycles. The van der Waals surface area contributed by atoms with Crippen molar-refractivity contribution >= 4 is 27.5 Å². The number of ether oxygens (including phenoxy) is 1. The number of benzene rings is 1. The molecule has 6 heteroatoms. The van der Waals surface area contributed by atoms with Crippen LogP contribution in [0.3, 0.4) is 0 Å². The van der Waals surface area contributed by atoms with Gasteiger partial charge < -0.3 is 15.8 Å². The lowest BCUT2D eigenvalue weighted by Gasteiger charge is -2.34. The molecule has 0 aliphatic carbocycles. The molecule has 5 nitrogen and oxygen atoms in total. The predicted molar refractivity (Wildman–Crippen MR) is 87.3 cm³/mol. The van der Waals surface area contributed by atoms with E-state index in [0.29, 0.717) is 19.7 Å². The summed E-state index contributed by atoms with van der Waals surface area (Å²) in [5.41, 5.74) is 7.77. The molecule has 0 spiro atoms. The number of nitrogens with zero attached hydrogens (tertiary/aromatic N) is 1. The summed E-state index contributed by atoms with van der Waals surface area (Å²) in [6.07, 6.45) is 0.00137. The zero-order valence-corrected chi connectivity index (χ0v) is 14.0. The first-order chi connectivity index (χ1) is 9.95. The molecule has 2 rings (SSSR count). The first-order valence-corrected chi connectivity index (χ1v) is 7.90. The summed E-state index contributed by atoms with van der Waals surface area (Å²) in [5.74, 6) is -0.0120. The predicted octanol–water partition coefficient (Wildman–Crippen LogP) is 1.74. The number of anilines is 1. The lowest BCUT2D eigenvalue weighted by molar-refractivity contribution is -0.119. The van der Waals surface area contributed by atoms with Gasteiger partial charge in [-0.15, -0.1) is 0 Å². The SMILES string of the molecule is Cc1cc(NC(=O)CN2CCOC(C(C)N)C2)ccc1Br. The van der Waals surface area contributed by atoms with Crippen LogP contribution in [0.4, 0.5) is 5.69 Å². The number of hydrogen-bond donors (Lipinski definition) is 2. The number of carbonyl (C=O) groups excluding carboxylic acids is 1. The summed E-state index contributed by atoms with van der Waals surface area (Å²) >= 11 is 3.45. The van der Waals surface area contributed by atoms with Crippen LogP contribution >= 0.6 is 15.9 Å². The van der Waals surface area contributed by atoms with Gasteiger partial charge in [-0.2, -0.15) is 0 Å². The summed E-state index contributed by atoms with van der Waals surface area (Å²) in [5, 5.41) is 2.93. The number of nitrogens with two attached hydrogens (primary N) is 1. The zero-order chi connectivity index (χ0) is 15.4. The molecule has 1 fully saturated rings.